The maximum Gasteiger partial charge on any atom is 0.303 e. The van der Waals surface area contributed by atoms with Crippen LogP contribution in [0, 0.1) is 0 Å². The highest BCUT2D eigenvalue weighted by Gasteiger charge is 2.25. The van der Waals surface area contributed by atoms with Gasteiger partial charge in [0.2, 0.25) is 0 Å². The Morgan fingerprint density at radius 3 is 2.28 bits per heavy atom. The van der Waals surface area contributed by atoms with E-state index in [9.17, 15) is 4.79 Å². The number of ether oxygens (including phenoxy) is 1. The van der Waals surface area contributed by atoms with Gasteiger partial charge in [0.05, 0.1) is 5.60 Å². The van der Waals surface area contributed by atoms with Gasteiger partial charge >= 0.3 is 5.97 Å². The molecule has 1 unspecified atom stereocenters. The molecule has 4 heteroatoms. The molecule has 4 nitrogen and oxygen atoms in total. The zero-order chi connectivity index (χ0) is 14.3. The topological polar surface area (TPSA) is 49.8 Å². The van der Waals surface area contributed by atoms with E-state index < -0.39 is 5.97 Å². The Morgan fingerprint density at radius 2 is 1.89 bits per heavy atom. The summed E-state index contributed by atoms with van der Waals surface area (Å²) >= 11 is 0. The van der Waals surface area contributed by atoms with Crippen molar-refractivity contribution in [2.24, 2.45) is 0 Å². The molecule has 0 aromatic rings. The molecule has 0 amide bonds. The van der Waals surface area contributed by atoms with E-state index >= 15 is 0 Å². The molecule has 0 radical (unpaired) electrons. The van der Waals surface area contributed by atoms with Gasteiger partial charge in [0.15, 0.2) is 0 Å². The van der Waals surface area contributed by atoms with Crippen LogP contribution in [0.1, 0.15) is 53.9 Å². The lowest BCUT2D eigenvalue weighted by atomic mass is 9.97. The molecule has 0 bridgehead atoms. The quantitative estimate of drug-likeness (QED) is 0.691. The smallest absolute Gasteiger partial charge is 0.303 e. The summed E-state index contributed by atoms with van der Waals surface area (Å²) in [5.41, 5.74) is -0.140. The molecular weight excluding hydrogens is 230 g/mol. The zero-order valence-corrected chi connectivity index (χ0v) is 12.7. The summed E-state index contributed by atoms with van der Waals surface area (Å²) in [5.74, 6) is -0.719. The van der Waals surface area contributed by atoms with Gasteiger partial charge in [0, 0.05) is 25.6 Å². The Morgan fingerprint density at radius 1 is 1.33 bits per heavy atom. The number of carbonyl (C=O) groups is 1. The van der Waals surface area contributed by atoms with Crippen molar-refractivity contribution in [2.75, 3.05) is 13.7 Å². The first-order valence-electron chi connectivity index (χ1n) is 6.72. The van der Waals surface area contributed by atoms with Crippen LogP contribution in [-0.2, 0) is 9.53 Å². The average molecular weight is 259 g/mol. The molecule has 0 spiro atoms. The molecule has 0 aromatic heterocycles. The standard InChI is InChI=1S/C14H29NO3/c1-11(2)15(9-7-8-13(16)17)12(3)10-14(4,5)18-6/h11-12H,7-10H2,1-6H3,(H,16,17). The third kappa shape index (κ3) is 6.97. The Kier molecular flexibility index (Phi) is 7.48. The van der Waals surface area contributed by atoms with Crippen molar-refractivity contribution in [3.05, 3.63) is 0 Å². The highest BCUT2D eigenvalue weighted by molar-refractivity contribution is 5.66. The molecule has 0 heterocycles. The second-order valence-corrected chi connectivity index (χ2v) is 5.85. The van der Waals surface area contributed by atoms with Crippen molar-refractivity contribution in [3.63, 3.8) is 0 Å². The molecule has 18 heavy (non-hydrogen) atoms. The van der Waals surface area contributed by atoms with Crippen LogP contribution in [-0.4, -0.2) is 47.3 Å². The normalized spacial score (nSPS) is 14.2. The predicted octanol–water partition coefficient (Wildman–Crippen LogP) is 2.77. The summed E-state index contributed by atoms with van der Waals surface area (Å²) in [6, 6.07) is 0.801. The second-order valence-electron chi connectivity index (χ2n) is 5.85. The number of rotatable bonds is 9. The third-order valence-corrected chi connectivity index (χ3v) is 3.38. The van der Waals surface area contributed by atoms with Gasteiger partial charge < -0.3 is 9.84 Å². The highest BCUT2D eigenvalue weighted by Crippen LogP contribution is 2.20. The van der Waals surface area contributed by atoms with E-state index in [1.54, 1.807) is 7.11 Å². The van der Waals surface area contributed by atoms with Crippen molar-refractivity contribution < 1.29 is 14.6 Å². The van der Waals surface area contributed by atoms with Crippen LogP contribution in [0.2, 0.25) is 0 Å². The number of aliphatic carboxylic acids is 1. The summed E-state index contributed by atoms with van der Waals surface area (Å²) < 4.78 is 5.46. The molecule has 1 N–H and O–H groups in total. The van der Waals surface area contributed by atoms with Crippen molar-refractivity contribution in [2.45, 2.75) is 71.6 Å². The SMILES string of the molecule is COC(C)(C)CC(C)N(CCCC(=O)O)C(C)C. The third-order valence-electron chi connectivity index (χ3n) is 3.38. The molecule has 0 fully saturated rings. The van der Waals surface area contributed by atoms with E-state index in [2.05, 4.69) is 39.5 Å². The highest BCUT2D eigenvalue weighted by atomic mass is 16.5. The number of methoxy groups -OCH3 is 1. The minimum atomic E-state index is -0.719. The van der Waals surface area contributed by atoms with Crippen molar-refractivity contribution in [1.29, 1.82) is 0 Å². The van der Waals surface area contributed by atoms with E-state index in [1.807, 2.05) is 0 Å². The first-order chi connectivity index (χ1) is 8.19. The second kappa shape index (κ2) is 7.74. The summed E-state index contributed by atoms with van der Waals surface area (Å²) in [7, 11) is 1.73. The maximum absolute atomic E-state index is 10.6. The molecule has 0 aromatic carbocycles. The molecule has 0 aliphatic carbocycles. The number of carboxylic acids is 1. The minimum Gasteiger partial charge on any atom is -0.481 e. The number of hydrogen-bond donors (Lipinski definition) is 1. The molecule has 0 rings (SSSR count). The van der Waals surface area contributed by atoms with Crippen LogP contribution < -0.4 is 0 Å². The van der Waals surface area contributed by atoms with Gasteiger partial charge in [-0.15, -0.1) is 0 Å². The Hall–Kier alpha value is -0.610. The molecule has 0 saturated carbocycles. The van der Waals surface area contributed by atoms with Crippen LogP contribution in [0.25, 0.3) is 0 Å². The van der Waals surface area contributed by atoms with Gasteiger partial charge in [-0.25, -0.2) is 0 Å². The largest absolute Gasteiger partial charge is 0.481 e. The van der Waals surface area contributed by atoms with Crippen LogP contribution in [0.15, 0.2) is 0 Å². The lowest BCUT2D eigenvalue weighted by Gasteiger charge is -2.37. The van der Waals surface area contributed by atoms with Gasteiger partial charge in [-0.1, -0.05) is 0 Å². The number of nitrogens with zero attached hydrogens (tertiary/aromatic N) is 1. The van der Waals surface area contributed by atoms with E-state index in [4.69, 9.17) is 9.84 Å². The van der Waals surface area contributed by atoms with Gasteiger partial charge in [0.25, 0.3) is 0 Å². The van der Waals surface area contributed by atoms with Crippen LogP contribution in [0.5, 0.6) is 0 Å². The van der Waals surface area contributed by atoms with E-state index in [0.29, 0.717) is 18.5 Å². The number of hydrogen-bond acceptors (Lipinski definition) is 3. The summed E-state index contributed by atoms with van der Waals surface area (Å²) in [6.07, 6.45) is 1.88. The lowest BCUT2D eigenvalue weighted by molar-refractivity contribution is -0.137. The minimum absolute atomic E-state index is 0.140. The first-order valence-corrected chi connectivity index (χ1v) is 6.72. The van der Waals surface area contributed by atoms with Crippen molar-refractivity contribution in [1.82, 2.24) is 4.90 Å². The van der Waals surface area contributed by atoms with Gasteiger partial charge in [-0.05, 0) is 54.0 Å². The predicted molar refractivity (Wildman–Crippen MR) is 73.9 cm³/mol. The van der Waals surface area contributed by atoms with Gasteiger partial charge in [-0.2, -0.15) is 0 Å². The lowest BCUT2D eigenvalue weighted by Crippen LogP contribution is -2.43. The molecule has 108 valence electrons. The molecular formula is C14H29NO3. The van der Waals surface area contributed by atoms with E-state index in [1.165, 1.54) is 0 Å². The fourth-order valence-corrected chi connectivity index (χ4v) is 2.31. The molecule has 0 aliphatic heterocycles. The summed E-state index contributed by atoms with van der Waals surface area (Å²) in [5, 5.41) is 8.69. The summed E-state index contributed by atoms with van der Waals surface area (Å²) in [4.78, 5) is 12.9. The maximum atomic E-state index is 10.6. The van der Waals surface area contributed by atoms with Crippen molar-refractivity contribution >= 4 is 5.97 Å². The van der Waals surface area contributed by atoms with Crippen LogP contribution >= 0.6 is 0 Å². The summed E-state index contributed by atoms with van der Waals surface area (Å²) in [6.45, 7) is 11.5. The van der Waals surface area contributed by atoms with Crippen LogP contribution in [0.3, 0.4) is 0 Å². The average Bonchev–Trinajstić information content (AvgIpc) is 2.22. The fourth-order valence-electron chi connectivity index (χ4n) is 2.31. The van der Waals surface area contributed by atoms with E-state index in [-0.39, 0.29) is 12.0 Å². The Bertz CT molecular complexity index is 251. The van der Waals surface area contributed by atoms with Crippen LogP contribution in [0.4, 0.5) is 0 Å². The molecule has 0 aliphatic rings. The molecule has 0 saturated heterocycles. The first kappa shape index (κ1) is 17.4. The monoisotopic (exact) mass is 259 g/mol. The number of carboxylic acid groups (broad SMARTS) is 1. The van der Waals surface area contributed by atoms with E-state index in [0.717, 1.165) is 13.0 Å². The Labute approximate surface area is 111 Å². The fraction of sp³-hybridized carbons (Fsp3) is 0.929. The molecule has 1 atom stereocenters. The van der Waals surface area contributed by atoms with Crippen molar-refractivity contribution in [3.8, 4) is 0 Å². The zero-order valence-electron chi connectivity index (χ0n) is 12.7. The Balaban J connectivity index is 4.36. The van der Waals surface area contributed by atoms with Gasteiger partial charge in [-0.3, -0.25) is 9.69 Å². The van der Waals surface area contributed by atoms with Gasteiger partial charge in [0.1, 0.15) is 0 Å².